The number of aromatic nitrogens is 1. The minimum Gasteiger partial charge on any atom is -0.385 e. The molecule has 1 aliphatic heterocycles. The summed E-state index contributed by atoms with van der Waals surface area (Å²) in [6.07, 6.45) is 7.36. The van der Waals surface area contributed by atoms with Gasteiger partial charge in [0.25, 0.3) is 0 Å². The van der Waals surface area contributed by atoms with Crippen LogP contribution in [0.3, 0.4) is 0 Å². The molecule has 1 saturated carbocycles. The highest BCUT2D eigenvalue weighted by molar-refractivity contribution is 6.34. The fraction of sp³-hybridized carbons (Fsp3) is 0.484. The molecule has 3 N–H and O–H groups in total. The minimum absolute atomic E-state index is 0.0583. The highest BCUT2D eigenvalue weighted by atomic mass is 35.5. The standard InChI is InChI=1S/C31H38ClN3O4/c1-38-15-5-4-13-31(37,28-20-35(14-16-39-28)30(36)21-11-12-23(33)17-21)26-9-6-10-27(32)29(26)25-19-34-18-22-7-2-3-8-24(22)25/h2-3,6-10,18-19,21,23,28,37H,4-5,11-17,20,33H2,1H3/t21-,23+,28-,31-/m1/s1. The molecule has 0 unspecified atom stereocenters. The number of hydrogen-bond acceptors (Lipinski definition) is 6. The van der Waals surface area contributed by atoms with Gasteiger partial charge in [-0.1, -0.05) is 48.0 Å². The lowest BCUT2D eigenvalue weighted by atomic mass is 9.78. The molecule has 0 bridgehead atoms. The van der Waals surface area contributed by atoms with E-state index in [1.165, 1.54) is 0 Å². The molecule has 4 atom stereocenters. The summed E-state index contributed by atoms with van der Waals surface area (Å²) in [7, 11) is 1.68. The molecule has 39 heavy (non-hydrogen) atoms. The van der Waals surface area contributed by atoms with E-state index in [0.717, 1.165) is 47.6 Å². The second-order valence-electron chi connectivity index (χ2n) is 10.9. The topological polar surface area (TPSA) is 97.9 Å². The average Bonchev–Trinajstić information content (AvgIpc) is 3.40. The van der Waals surface area contributed by atoms with Gasteiger partial charge in [0.05, 0.1) is 13.2 Å². The molecule has 1 saturated heterocycles. The van der Waals surface area contributed by atoms with Crippen molar-refractivity contribution in [1.29, 1.82) is 0 Å². The number of carbonyl (C=O) groups is 1. The number of ether oxygens (including phenoxy) is 2. The molecule has 2 aromatic carbocycles. The number of carbonyl (C=O) groups excluding carboxylic acids is 1. The summed E-state index contributed by atoms with van der Waals surface area (Å²) in [5.41, 5.74) is 7.00. The fourth-order valence-electron chi connectivity index (χ4n) is 6.22. The lowest BCUT2D eigenvalue weighted by molar-refractivity contribution is -0.167. The molecule has 3 aromatic rings. The maximum atomic E-state index is 13.4. The maximum absolute atomic E-state index is 13.4. The van der Waals surface area contributed by atoms with Crippen molar-refractivity contribution < 1.29 is 19.4 Å². The summed E-state index contributed by atoms with van der Waals surface area (Å²) in [5, 5.41) is 15.2. The van der Waals surface area contributed by atoms with E-state index in [9.17, 15) is 9.90 Å². The molecule has 1 amide bonds. The van der Waals surface area contributed by atoms with Gasteiger partial charge in [0.1, 0.15) is 11.7 Å². The molecule has 5 rings (SSSR count). The van der Waals surface area contributed by atoms with Crippen molar-refractivity contribution in [3.05, 3.63) is 65.4 Å². The predicted molar refractivity (Wildman–Crippen MR) is 153 cm³/mol. The molecule has 0 radical (unpaired) electrons. The van der Waals surface area contributed by atoms with Gasteiger partial charge < -0.3 is 25.2 Å². The molecular weight excluding hydrogens is 514 g/mol. The monoisotopic (exact) mass is 551 g/mol. The molecule has 1 aromatic heterocycles. The smallest absolute Gasteiger partial charge is 0.225 e. The first-order chi connectivity index (χ1) is 18.9. The van der Waals surface area contributed by atoms with Crippen molar-refractivity contribution in [3.8, 4) is 11.1 Å². The first kappa shape index (κ1) is 28.0. The molecule has 1 aliphatic carbocycles. The van der Waals surface area contributed by atoms with E-state index in [1.54, 1.807) is 13.3 Å². The van der Waals surface area contributed by atoms with E-state index >= 15 is 0 Å². The van der Waals surface area contributed by atoms with Crippen molar-refractivity contribution in [1.82, 2.24) is 9.88 Å². The van der Waals surface area contributed by atoms with Crippen LogP contribution >= 0.6 is 11.6 Å². The van der Waals surface area contributed by atoms with Gasteiger partial charge in [-0.15, -0.1) is 0 Å². The van der Waals surface area contributed by atoms with Crippen molar-refractivity contribution >= 4 is 28.3 Å². The number of halogens is 1. The fourth-order valence-corrected chi connectivity index (χ4v) is 6.50. The first-order valence-electron chi connectivity index (χ1n) is 13.9. The number of nitrogens with zero attached hydrogens (tertiary/aromatic N) is 2. The highest BCUT2D eigenvalue weighted by Gasteiger charge is 2.45. The Balaban J connectivity index is 1.55. The first-order valence-corrected chi connectivity index (χ1v) is 14.3. The number of rotatable bonds is 9. The number of hydrogen-bond donors (Lipinski definition) is 2. The lowest BCUT2D eigenvalue weighted by Crippen LogP contribution is -2.55. The molecule has 7 nitrogen and oxygen atoms in total. The predicted octanol–water partition coefficient (Wildman–Crippen LogP) is 4.91. The average molecular weight is 552 g/mol. The second kappa shape index (κ2) is 12.3. The summed E-state index contributed by atoms with van der Waals surface area (Å²) in [6.45, 7) is 1.78. The van der Waals surface area contributed by atoms with Crippen LogP contribution in [0.25, 0.3) is 21.9 Å². The number of amides is 1. The SMILES string of the molecule is COCCCC[C@@](O)(c1cccc(Cl)c1-c1cncc2ccccc12)[C@H]1CN(C(=O)[C@@H]2CC[C@H](N)C2)CCO1. The maximum Gasteiger partial charge on any atom is 0.225 e. The third-order valence-electron chi connectivity index (χ3n) is 8.31. The van der Waals surface area contributed by atoms with Crippen LogP contribution in [0.2, 0.25) is 5.02 Å². The normalized spacial score (nSPS) is 23.2. The lowest BCUT2D eigenvalue weighted by Gasteiger charge is -2.44. The van der Waals surface area contributed by atoms with E-state index in [1.807, 2.05) is 53.6 Å². The summed E-state index contributed by atoms with van der Waals surface area (Å²) in [5.74, 6) is 0.0552. The Bertz CT molecular complexity index is 1300. The van der Waals surface area contributed by atoms with Gasteiger partial charge >= 0.3 is 0 Å². The van der Waals surface area contributed by atoms with Crippen LogP contribution in [-0.4, -0.2) is 66.5 Å². The van der Waals surface area contributed by atoms with Crippen LogP contribution in [0.4, 0.5) is 0 Å². The van der Waals surface area contributed by atoms with Gasteiger partial charge in [-0.2, -0.15) is 0 Å². The molecule has 2 aliphatic rings. The van der Waals surface area contributed by atoms with Gasteiger partial charge in [0, 0.05) is 66.2 Å². The summed E-state index contributed by atoms with van der Waals surface area (Å²) >= 11 is 6.90. The Kier molecular flexibility index (Phi) is 8.84. The quantitative estimate of drug-likeness (QED) is 0.367. The molecule has 8 heteroatoms. The third kappa shape index (κ3) is 5.83. The zero-order chi connectivity index (χ0) is 27.4. The van der Waals surface area contributed by atoms with Crippen molar-refractivity contribution in [3.63, 3.8) is 0 Å². The number of morpholine rings is 1. The molecule has 2 heterocycles. The number of methoxy groups -OCH3 is 1. The number of benzene rings is 2. The van der Waals surface area contributed by atoms with Gasteiger partial charge in [0.2, 0.25) is 5.91 Å². The molecular formula is C31H38ClN3O4. The second-order valence-corrected chi connectivity index (χ2v) is 11.3. The zero-order valence-electron chi connectivity index (χ0n) is 22.5. The summed E-state index contributed by atoms with van der Waals surface area (Å²) in [6, 6.07) is 13.7. The number of fused-ring (bicyclic) bond motifs is 1. The molecule has 2 fully saturated rings. The number of unbranched alkanes of at least 4 members (excludes halogenated alkanes) is 1. The van der Waals surface area contributed by atoms with Crippen molar-refractivity contribution in [2.75, 3.05) is 33.4 Å². The zero-order valence-corrected chi connectivity index (χ0v) is 23.3. The molecule has 208 valence electrons. The van der Waals surface area contributed by atoms with E-state index in [4.69, 9.17) is 26.8 Å². The molecule has 0 spiro atoms. The van der Waals surface area contributed by atoms with Crippen LogP contribution in [0, 0.1) is 5.92 Å². The summed E-state index contributed by atoms with van der Waals surface area (Å²) in [4.78, 5) is 19.8. The number of nitrogens with two attached hydrogens (primary N) is 1. The van der Waals surface area contributed by atoms with Crippen molar-refractivity contribution in [2.45, 2.75) is 56.3 Å². The third-order valence-corrected chi connectivity index (χ3v) is 8.62. The minimum atomic E-state index is -1.39. The number of pyridine rings is 1. The largest absolute Gasteiger partial charge is 0.385 e. The summed E-state index contributed by atoms with van der Waals surface area (Å²) < 4.78 is 11.6. The van der Waals surface area contributed by atoms with Gasteiger partial charge in [-0.05, 0) is 55.5 Å². The Labute approximate surface area is 235 Å². The Morgan fingerprint density at radius 3 is 2.85 bits per heavy atom. The van der Waals surface area contributed by atoms with E-state index in [0.29, 0.717) is 49.7 Å². The van der Waals surface area contributed by atoms with E-state index in [2.05, 4.69) is 4.98 Å². The van der Waals surface area contributed by atoms with Gasteiger partial charge in [-0.25, -0.2) is 0 Å². The van der Waals surface area contributed by atoms with Crippen LogP contribution in [0.15, 0.2) is 54.9 Å². The van der Waals surface area contributed by atoms with Crippen LogP contribution in [0.1, 0.15) is 44.1 Å². The number of aliphatic hydroxyl groups is 1. The van der Waals surface area contributed by atoms with Crippen LogP contribution in [0.5, 0.6) is 0 Å². The Morgan fingerprint density at radius 2 is 2.05 bits per heavy atom. The van der Waals surface area contributed by atoms with Crippen LogP contribution < -0.4 is 5.73 Å². The van der Waals surface area contributed by atoms with E-state index < -0.39 is 11.7 Å². The van der Waals surface area contributed by atoms with E-state index in [-0.39, 0.29) is 17.9 Å². The van der Waals surface area contributed by atoms with Gasteiger partial charge in [0.15, 0.2) is 0 Å². The Morgan fingerprint density at radius 1 is 1.21 bits per heavy atom. The van der Waals surface area contributed by atoms with Crippen molar-refractivity contribution in [2.24, 2.45) is 11.7 Å². The van der Waals surface area contributed by atoms with Gasteiger partial charge in [-0.3, -0.25) is 9.78 Å². The highest BCUT2D eigenvalue weighted by Crippen LogP contribution is 2.44. The van der Waals surface area contributed by atoms with Crippen LogP contribution in [-0.2, 0) is 19.9 Å². The Hall–Kier alpha value is -2.55.